The van der Waals surface area contributed by atoms with Gasteiger partial charge in [0.25, 0.3) is 5.91 Å². The van der Waals surface area contributed by atoms with Crippen molar-refractivity contribution in [3.8, 4) is 22.8 Å². The van der Waals surface area contributed by atoms with Crippen molar-refractivity contribution in [2.75, 3.05) is 26.9 Å². The molecule has 43 heavy (non-hydrogen) atoms. The number of halogens is 7. The number of pyridine rings is 1. The van der Waals surface area contributed by atoms with Gasteiger partial charge >= 0.3 is 12.4 Å². The van der Waals surface area contributed by atoms with E-state index < -0.39 is 47.2 Å². The molecule has 1 atom stereocenters. The van der Waals surface area contributed by atoms with Crippen molar-refractivity contribution in [1.82, 2.24) is 15.1 Å². The third kappa shape index (κ3) is 7.68. The van der Waals surface area contributed by atoms with Crippen molar-refractivity contribution in [3.05, 3.63) is 77.0 Å². The number of nitrogens with one attached hydrogen (secondary N) is 2. The summed E-state index contributed by atoms with van der Waals surface area (Å²) < 4.78 is 93.1. The van der Waals surface area contributed by atoms with Crippen LogP contribution in [-0.2, 0) is 17.3 Å². The summed E-state index contributed by atoms with van der Waals surface area (Å²) >= 11 is 5.82. The molecule has 1 amide bonds. The average Bonchev–Trinajstić information content (AvgIpc) is 2.97. The second-order valence-corrected chi connectivity index (χ2v) is 10.1. The predicted octanol–water partition coefficient (Wildman–Crippen LogP) is 5.31. The molecule has 0 aliphatic rings. The van der Waals surface area contributed by atoms with Crippen LogP contribution in [-0.4, -0.2) is 54.1 Å². The SMILES string of the molecule is COc1cc(C(=O)NCC(O)(c2cc(C(C)(C)NCl)cc(-c3ccc(C(F)(F)F)cc3)n2)C(F)(F)F)ccc1OCCO. The number of aliphatic hydroxyl groups excluding tert-OH is 1. The normalized spacial score (nSPS) is 13.8. The molecule has 4 N–H and O–H groups in total. The van der Waals surface area contributed by atoms with E-state index in [1.54, 1.807) is 0 Å². The maximum absolute atomic E-state index is 14.5. The van der Waals surface area contributed by atoms with Crippen LogP contribution < -0.4 is 19.6 Å². The average molecular weight is 636 g/mol. The third-order valence-corrected chi connectivity index (χ3v) is 6.94. The van der Waals surface area contributed by atoms with Crippen LogP contribution in [0.3, 0.4) is 0 Å². The zero-order valence-electron chi connectivity index (χ0n) is 23.0. The minimum absolute atomic E-state index is 0.0330. The van der Waals surface area contributed by atoms with Gasteiger partial charge in [0, 0.05) is 11.1 Å². The predicted molar refractivity (Wildman–Crippen MR) is 145 cm³/mol. The van der Waals surface area contributed by atoms with Crippen molar-refractivity contribution in [3.63, 3.8) is 0 Å². The van der Waals surface area contributed by atoms with Crippen LogP contribution in [0.2, 0.25) is 0 Å². The number of rotatable bonds is 11. The molecule has 234 valence electrons. The Balaban J connectivity index is 2.04. The summed E-state index contributed by atoms with van der Waals surface area (Å²) in [6.07, 6.45) is -10.0. The molecule has 1 heterocycles. The van der Waals surface area contributed by atoms with Gasteiger partial charge in [-0.05, 0) is 73.7 Å². The van der Waals surface area contributed by atoms with Gasteiger partial charge in [-0.1, -0.05) is 12.1 Å². The molecule has 1 unspecified atom stereocenters. The molecule has 0 saturated carbocycles. The fourth-order valence-corrected chi connectivity index (χ4v) is 3.97. The first-order chi connectivity index (χ1) is 20.0. The summed E-state index contributed by atoms with van der Waals surface area (Å²) in [5.74, 6) is -0.762. The summed E-state index contributed by atoms with van der Waals surface area (Å²) in [4.78, 5) is 19.2. The van der Waals surface area contributed by atoms with Gasteiger partial charge in [0.1, 0.15) is 6.61 Å². The lowest BCUT2D eigenvalue weighted by Crippen LogP contribution is -2.51. The summed E-state index contributed by atoms with van der Waals surface area (Å²) in [5.41, 5.74) is -7.00. The van der Waals surface area contributed by atoms with Gasteiger partial charge in [-0.3, -0.25) is 4.79 Å². The Kier molecular flexibility index (Phi) is 10.2. The molecule has 0 saturated heterocycles. The number of alkyl halides is 6. The second-order valence-electron chi connectivity index (χ2n) is 9.90. The van der Waals surface area contributed by atoms with E-state index in [2.05, 4.69) is 15.1 Å². The van der Waals surface area contributed by atoms with E-state index in [0.29, 0.717) is 0 Å². The molecule has 0 aliphatic carbocycles. The number of carbonyl (C=O) groups excluding carboxylic acids is 1. The number of ether oxygens (including phenoxy) is 2. The number of benzene rings is 2. The largest absolute Gasteiger partial charge is 0.493 e. The highest BCUT2D eigenvalue weighted by Crippen LogP contribution is 2.40. The lowest BCUT2D eigenvalue weighted by atomic mass is 9.89. The molecule has 8 nitrogen and oxygen atoms in total. The highest BCUT2D eigenvalue weighted by molar-refractivity contribution is 6.13. The zero-order valence-corrected chi connectivity index (χ0v) is 23.8. The maximum Gasteiger partial charge on any atom is 0.424 e. The quantitative estimate of drug-likeness (QED) is 0.167. The molecule has 3 rings (SSSR count). The second kappa shape index (κ2) is 13.0. The Labute approximate surface area is 247 Å². The Morgan fingerprint density at radius 2 is 1.60 bits per heavy atom. The van der Waals surface area contributed by atoms with E-state index in [1.807, 2.05) is 0 Å². The van der Waals surface area contributed by atoms with Crippen LogP contribution in [0.15, 0.2) is 54.6 Å². The van der Waals surface area contributed by atoms with Gasteiger partial charge in [-0.2, -0.15) is 26.3 Å². The summed E-state index contributed by atoms with van der Waals surface area (Å²) in [6.45, 7) is 1.29. The van der Waals surface area contributed by atoms with Crippen LogP contribution in [0.5, 0.6) is 11.5 Å². The Morgan fingerprint density at radius 1 is 0.953 bits per heavy atom. The molecular formula is C28H28ClF6N3O5. The fourth-order valence-electron chi connectivity index (χ4n) is 3.87. The van der Waals surface area contributed by atoms with Crippen LogP contribution in [0.1, 0.15) is 41.0 Å². The van der Waals surface area contributed by atoms with Crippen molar-refractivity contribution < 1.29 is 50.8 Å². The highest BCUT2D eigenvalue weighted by atomic mass is 35.5. The zero-order chi connectivity index (χ0) is 32.2. The number of nitrogens with zero attached hydrogens (tertiary/aromatic N) is 1. The van der Waals surface area contributed by atoms with Gasteiger partial charge in [0.15, 0.2) is 11.5 Å². The topological polar surface area (TPSA) is 113 Å². The number of carbonyl (C=O) groups is 1. The maximum atomic E-state index is 14.5. The van der Waals surface area contributed by atoms with Crippen LogP contribution in [0, 0.1) is 0 Å². The summed E-state index contributed by atoms with van der Waals surface area (Å²) in [7, 11) is 1.27. The van der Waals surface area contributed by atoms with Gasteiger partial charge in [-0.25, -0.2) is 9.82 Å². The fraction of sp³-hybridized carbons (Fsp3) is 0.357. The van der Waals surface area contributed by atoms with Gasteiger partial charge in [0.05, 0.1) is 42.8 Å². The van der Waals surface area contributed by atoms with Crippen molar-refractivity contribution in [2.45, 2.75) is 37.3 Å². The lowest BCUT2D eigenvalue weighted by molar-refractivity contribution is -0.265. The van der Waals surface area contributed by atoms with E-state index in [0.717, 1.165) is 30.3 Å². The number of hydrogen-bond acceptors (Lipinski definition) is 7. The monoisotopic (exact) mass is 635 g/mol. The van der Waals surface area contributed by atoms with Crippen molar-refractivity contribution >= 4 is 17.7 Å². The van der Waals surface area contributed by atoms with Gasteiger partial charge in [-0.15, -0.1) is 0 Å². The number of methoxy groups -OCH3 is 1. The van der Waals surface area contributed by atoms with Crippen molar-refractivity contribution in [1.29, 1.82) is 0 Å². The molecule has 0 bridgehead atoms. The molecule has 0 spiro atoms. The molecule has 15 heteroatoms. The third-order valence-electron chi connectivity index (χ3n) is 6.46. The molecule has 0 fully saturated rings. The standard InChI is InChI=1S/C28H28ClF6N3O5/c1-25(2,38-29)19-13-20(16-4-7-18(8-5-16)27(30,31)32)37-23(14-19)26(41,28(33,34)35)15-36-24(40)17-6-9-21(43-11-10-39)22(12-17)42-3/h4-9,12-14,38-39,41H,10-11,15H2,1-3H3,(H,36,40). The minimum Gasteiger partial charge on any atom is -0.493 e. The molecule has 3 aromatic rings. The Bertz CT molecular complexity index is 1430. The number of hydrogen-bond donors (Lipinski definition) is 4. The minimum atomic E-state index is -5.37. The molecule has 1 aromatic heterocycles. The summed E-state index contributed by atoms with van der Waals surface area (Å²) in [6, 6.07) is 9.60. The smallest absolute Gasteiger partial charge is 0.424 e. The van der Waals surface area contributed by atoms with E-state index in [1.165, 1.54) is 45.2 Å². The van der Waals surface area contributed by atoms with E-state index in [9.17, 15) is 36.2 Å². The van der Waals surface area contributed by atoms with E-state index in [4.69, 9.17) is 26.4 Å². The number of amides is 1. The van der Waals surface area contributed by atoms with E-state index in [-0.39, 0.29) is 47.1 Å². The molecule has 0 aliphatic heterocycles. The first kappa shape index (κ1) is 33.9. The summed E-state index contributed by atoms with van der Waals surface area (Å²) in [5, 5.41) is 22.1. The molecular weight excluding hydrogens is 608 g/mol. The first-order valence-corrected chi connectivity index (χ1v) is 12.9. The van der Waals surface area contributed by atoms with Gasteiger partial charge < -0.3 is 25.0 Å². The molecule has 2 aromatic carbocycles. The number of aromatic nitrogens is 1. The van der Waals surface area contributed by atoms with Crippen LogP contribution in [0.25, 0.3) is 11.3 Å². The highest BCUT2D eigenvalue weighted by Gasteiger charge is 2.56. The Hall–Kier alpha value is -3.59. The van der Waals surface area contributed by atoms with Crippen LogP contribution >= 0.6 is 11.8 Å². The Morgan fingerprint density at radius 3 is 2.14 bits per heavy atom. The van der Waals surface area contributed by atoms with Gasteiger partial charge in [0.2, 0.25) is 5.60 Å². The van der Waals surface area contributed by atoms with Crippen LogP contribution in [0.4, 0.5) is 26.3 Å². The number of aliphatic hydroxyl groups is 2. The lowest BCUT2D eigenvalue weighted by Gasteiger charge is -2.32. The van der Waals surface area contributed by atoms with Crippen molar-refractivity contribution in [2.24, 2.45) is 0 Å². The first-order valence-electron chi connectivity index (χ1n) is 12.5. The van der Waals surface area contributed by atoms with E-state index >= 15 is 0 Å². The molecule has 0 radical (unpaired) electrons.